The van der Waals surface area contributed by atoms with Crippen molar-refractivity contribution in [3.63, 3.8) is 0 Å². The van der Waals surface area contributed by atoms with E-state index in [1.165, 1.54) is 64.2 Å². The third-order valence-corrected chi connectivity index (χ3v) is 7.04. The summed E-state index contributed by atoms with van der Waals surface area (Å²) in [6, 6.07) is 6.01. The van der Waals surface area contributed by atoms with Crippen LogP contribution < -0.4 is 10.6 Å². The minimum atomic E-state index is -0.690. The first-order valence-electron chi connectivity index (χ1n) is 16.2. The van der Waals surface area contributed by atoms with E-state index in [4.69, 9.17) is 14.2 Å². The van der Waals surface area contributed by atoms with E-state index in [0.717, 1.165) is 24.8 Å². The van der Waals surface area contributed by atoms with Crippen molar-refractivity contribution in [1.82, 2.24) is 10.6 Å². The number of phenols is 1. The lowest BCUT2D eigenvalue weighted by Gasteiger charge is -2.19. The normalized spacial score (nSPS) is 12.0. The number of allylic oxidation sites excluding steroid dienone is 2. The number of aromatic hydroxyl groups is 1. The van der Waals surface area contributed by atoms with Gasteiger partial charge in [-0.25, -0.2) is 0 Å². The quantitative estimate of drug-likeness (QED) is 0.0787. The molecule has 42 heavy (non-hydrogen) atoms. The lowest BCUT2D eigenvalue weighted by molar-refractivity contribution is -0.129. The summed E-state index contributed by atoms with van der Waals surface area (Å²) in [6.45, 7) is 4.91. The number of phenolic OH excluding ortho intramolecular Hbond substituents is 1. The van der Waals surface area contributed by atoms with E-state index in [0.29, 0.717) is 52.4 Å². The first-order chi connectivity index (χ1) is 20.6. The highest BCUT2D eigenvalue weighted by Crippen LogP contribution is 2.13. The number of carbonyl (C=O) groups excluding carboxylic acids is 2. The van der Waals surface area contributed by atoms with Crippen LogP contribution in [0.2, 0.25) is 0 Å². The molecule has 0 bridgehead atoms. The van der Waals surface area contributed by atoms with E-state index in [-0.39, 0.29) is 17.6 Å². The number of unbranched alkanes of at least 4 members (excludes halogenated alkanes) is 11. The lowest BCUT2D eigenvalue weighted by atomic mass is 10.0. The molecule has 0 aliphatic heterocycles. The highest BCUT2D eigenvalue weighted by atomic mass is 16.5. The predicted molar refractivity (Wildman–Crippen MR) is 170 cm³/mol. The largest absolute Gasteiger partial charge is 0.508 e. The van der Waals surface area contributed by atoms with Gasteiger partial charge in [0.15, 0.2) is 0 Å². The van der Waals surface area contributed by atoms with Gasteiger partial charge in [0.1, 0.15) is 11.8 Å². The molecule has 0 heterocycles. The van der Waals surface area contributed by atoms with Crippen molar-refractivity contribution < 1.29 is 28.9 Å². The first-order valence-corrected chi connectivity index (χ1v) is 16.2. The third kappa shape index (κ3) is 22.2. The van der Waals surface area contributed by atoms with Gasteiger partial charge in [0.25, 0.3) is 0 Å². The van der Waals surface area contributed by atoms with Gasteiger partial charge in [-0.1, -0.05) is 82.6 Å². The molecular weight excluding hydrogens is 532 g/mol. The third-order valence-electron chi connectivity index (χ3n) is 7.04. The molecule has 0 radical (unpaired) electrons. The van der Waals surface area contributed by atoms with Crippen LogP contribution in [0.15, 0.2) is 36.4 Å². The minimum Gasteiger partial charge on any atom is -0.508 e. The van der Waals surface area contributed by atoms with Crippen LogP contribution in [0.1, 0.15) is 102 Å². The van der Waals surface area contributed by atoms with Crippen molar-refractivity contribution in [3.05, 3.63) is 42.0 Å². The van der Waals surface area contributed by atoms with Gasteiger partial charge < -0.3 is 30.0 Å². The number of rotatable bonds is 28. The zero-order valence-electron chi connectivity index (χ0n) is 26.4. The average molecular weight is 591 g/mol. The summed E-state index contributed by atoms with van der Waals surface area (Å²) >= 11 is 0. The van der Waals surface area contributed by atoms with E-state index in [1.807, 2.05) is 0 Å². The molecule has 0 spiro atoms. The second-order valence-electron chi connectivity index (χ2n) is 10.8. The van der Waals surface area contributed by atoms with E-state index in [1.54, 1.807) is 31.4 Å². The van der Waals surface area contributed by atoms with Crippen LogP contribution in [0.3, 0.4) is 0 Å². The Morgan fingerprint density at radius 1 is 0.786 bits per heavy atom. The Hall–Kier alpha value is -2.42. The predicted octanol–water partition coefficient (Wildman–Crippen LogP) is 6.25. The van der Waals surface area contributed by atoms with Crippen molar-refractivity contribution in [2.24, 2.45) is 0 Å². The van der Waals surface area contributed by atoms with Gasteiger partial charge in [0.05, 0.1) is 33.0 Å². The Balaban J connectivity index is 2.24. The Morgan fingerprint density at radius 3 is 2.00 bits per heavy atom. The molecule has 8 nitrogen and oxygen atoms in total. The monoisotopic (exact) mass is 590 g/mol. The van der Waals surface area contributed by atoms with E-state index in [9.17, 15) is 14.7 Å². The Morgan fingerprint density at radius 2 is 1.36 bits per heavy atom. The van der Waals surface area contributed by atoms with Crippen LogP contribution in [0.4, 0.5) is 0 Å². The molecule has 2 amide bonds. The molecule has 0 aliphatic rings. The number of carbonyl (C=O) groups is 2. The fraction of sp³-hybridized carbons (Fsp3) is 0.706. The molecule has 0 saturated carbocycles. The van der Waals surface area contributed by atoms with Crippen molar-refractivity contribution in [3.8, 4) is 5.75 Å². The molecule has 1 rings (SSSR count). The van der Waals surface area contributed by atoms with Crippen LogP contribution in [0.5, 0.6) is 5.75 Å². The van der Waals surface area contributed by atoms with Crippen LogP contribution in [-0.2, 0) is 30.2 Å². The van der Waals surface area contributed by atoms with Crippen LogP contribution in [-0.4, -0.2) is 69.7 Å². The number of hydrogen-bond donors (Lipinski definition) is 3. The summed E-state index contributed by atoms with van der Waals surface area (Å²) in [5.41, 5.74) is 0.861. The van der Waals surface area contributed by atoms with Gasteiger partial charge in [-0.05, 0) is 49.8 Å². The molecule has 1 aromatic rings. The average Bonchev–Trinajstić information content (AvgIpc) is 2.99. The number of hydrogen-bond acceptors (Lipinski definition) is 6. The summed E-state index contributed by atoms with van der Waals surface area (Å²) in [5, 5.41) is 15.4. The van der Waals surface area contributed by atoms with Gasteiger partial charge in [-0.2, -0.15) is 0 Å². The summed E-state index contributed by atoms with van der Waals surface area (Å²) < 4.78 is 15.8. The van der Waals surface area contributed by atoms with Crippen molar-refractivity contribution in [2.75, 3.05) is 46.7 Å². The van der Waals surface area contributed by atoms with Gasteiger partial charge >= 0.3 is 0 Å². The van der Waals surface area contributed by atoms with Crippen molar-refractivity contribution in [1.29, 1.82) is 0 Å². The molecule has 0 saturated heterocycles. The van der Waals surface area contributed by atoms with Gasteiger partial charge in [0, 0.05) is 26.5 Å². The maximum Gasteiger partial charge on any atom is 0.243 e. The number of ether oxygens (including phenoxy) is 3. The van der Waals surface area contributed by atoms with Crippen LogP contribution >= 0.6 is 0 Å². The summed E-state index contributed by atoms with van der Waals surface area (Å²) in [5.74, 6) is -0.195. The van der Waals surface area contributed by atoms with Crippen molar-refractivity contribution in [2.45, 2.75) is 109 Å². The maximum atomic E-state index is 12.9. The van der Waals surface area contributed by atoms with E-state index >= 15 is 0 Å². The topological polar surface area (TPSA) is 106 Å². The molecule has 1 unspecified atom stereocenters. The molecule has 1 atom stereocenters. The van der Waals surface area contributed by atoms with E-state index < -0.39 is 6.04 Å². The molecule has 0 aliphatic carbocycles. The smallest absolute Gasteiger partial charge is 0.243 e. The van der Waals surface area contributed by atoms with E-state index in [2.05, 4.69) is 29.7 Å². The standard InChI is InChI=1S/C34H58N2O6/c1-3-4-5-6-7-8-9-10-11-12-13-14-15-16-17-18-33(38)36-32(29-30-19-21-31(37)22-20-30)34(39)35-23-24-41-27-28-42-26-25-40-2/h8-9,19-22,32,37H,3-7,10-18,23-29H2,1-2H3,(H,35,39)(H,36,38)/b9-8+. The van der Waals surface area contributed by atoms with Crippen LogP contribution in [0.25, 0.3) is 0 Å². The maximum absolute atomic E-state index is 12.9. The van der Waals surface area contributed by atoms with Crippen molar-refractivity contribution >= 4 is 11.8 Å². The molecule has 3 N–H and O–H groups in total. The Kier molecular flexibility index (Phi) is 24.5. The lowest BCUT2D eigenvalue weighted by Crippen LogP contribution is -2.48. The second kappa shape index (κ2) is 27.4. The molecular formula is C34H58N2O6. The van der Waals surface area contributed by atoms with Gasteiger partial charge in [0.2, 0.25) is 11.8 Å². The zero-order valence-corrected chi connectivity index (χ0v) is 26.4. The SMILES string of the molecule is CCCCCC/C=C/CCCCCCCCCC(=O)NC(Cc1ccc(O)cc1)C(=O)NCCOCCOCCOC. The highest BCUT2D eigenvalue weighted by molar-refractivity contribution is 5.87. The molecule has 8 heteroatoms. The first kappa shape index (κ1) is 37.6. The number of methoxy groups -OCH3 is 1. The molecule has 0 fully saturated rings. The highest BCUT2D eigenvalue weighted by Gasteiger charge is 2.21. The number of amides is 2. The number of nitrogens with one attached hydrogen (secondary N) is 2. The van der Waals surface area contributed by atoms with Gasteiger partial charge in [-0.15, -0.1) is 0 Å². The minimum absolute atomic E-state index is 0.111. The fourth-order valence-electron chi connectivity index (χ4n) is 4.53. The Labute approximate surface area is 255 Å². The fourth-order valence-corrected chi connectivity index (χ4v) is 4.53. The molecule has 1 aromatic carbocycles. The molecule has 240 valence electrons. The zero-order chi connectivity index (χ0) is 30.5. The second-order valence-corrected chi connectivity index (χ2v) is 10.8. The van der Waals surface area contributed by atoms with Crippen LogP contribution in [0, 0.1) is 0 Å². The molecule has 0 aromatic heterocycles. The summed E-state index contributed by atoms with van der Waals surface area (Å²) in [7, 11) is 1.62. The summed E-state index contributed by atoms with van der Waals surface area (Å²) in [4.78, 5) is 25.6. The summed E-state index contributed by atoms with van der Waals surface area (Å²) in [6.07, 6.45) is 21.1. The Bertz CT molecular complexity index is 815. The number of benzene rings is 1. The van der Waals surface area contributed by atoms with Gasteiger partial charge in [-0.3, -0.25) is 9.59 Å².